The molecule has 76 valence electrons. The second kappa shape index (κ2) is 2.56. The first-order valence-electron chi connectivity index (χ1n) is 4.65. The van der Waals surface area contributed by atoms with Crippen molar-refractivity contribution >= 4 is 17.8 Å². The summed E-state index contributed by atoms with van der Waals surface area (Å²) in [6.07, 6.45) is 1.65. The van der Waals surface area contributed by atoms with Crippen molar-refractivity contribution in [3.63, 3.8) is 0 Å². The third kappa shape index (κ3) is 1.12. The van der Waals surface area contributed by atoms with Crippen molar-refractivity contribution in [3.8, 4) is 0 Å². The number of carbonyl (C=O) groups excluding carboxylic acids is 3. The zero-order chi connectivity index (χ0) is 10.5. The molecule has 2 fully saturated rings. The van der Waals surface area contributed by atoms with E-state index >= 15 is 0 Å². The lowest BCUT2D eigenvalue weighted by Crippen LogP contribution is -2.60. The molecule has 4 amide bonds. The number of nitrogens with one attached hydrogen (secondary N) is 1. The van der Waals surface area contributed by atoms with Crippen molar-refractivity contribution in [2.45, 2.75) is 32.2 Å². The second-order valence-electron chi connectivity index (χ2n) is 4.19. The highest BCUT2D eigenvalue weighted by Gasteiger charge is 2.53. The molecule has 2 aliphatic rings. The topological polar surface area (TPSA) is 66.5 Å². The summed E-state index contributed by atoms with van der Waals surface area (Å²) in [4.78, 5) is 35.4. The summed E-state index contributed by atoms with van der Waals surface area (Å²) in [6, 6.07) is -0.571. The third-order valence-corrected chi connectivity index (χ3v) is 2.93. The van der Waals surface area contributed by atoms with Gasteiger partial charge in [0.05, 0.1) is 0 Å². The summed E-state index contributed by atoms with van der Waals surface area (Å²) in [7, 11) is 0. The van der Waals surface area contributed by atoms with E-state index in [4.69, 9.17) is 0 Å². The Morgan fingerprint density at radius 3 is 2.43 bits per heavy atom. The number of nitrogens with zero attached hydrogens (tertiary/aromatic N) is 1. The molecule has 0 radical (unpaired) electrons. The predicted octanol–water partition coefficient (Wildman–Crippen LogP) is 0.253. The van der Waals surface area contributed by atoms with Crippen molar-refractivity contribution < 1.29 is 14.4 Å². The van der Waals surface area contributed by atoms with Gasteiger partial charge in [-0.25, -0.2) is 4.79 Å². The number of amides is 4. The molecule has 1 saturated carbocycles. The van der Waals surface area contributed by atoms with E-state index in [0.717, 1.165) is 12.8 Å². The molecule has 0 bridgehead atoms. The van der Waals surface area contributed by atoms with Crippen molar-refractivity contribution in [1.82, 2.24) is 10.2 Å². The summed E-state index contributed by atoms with van der Waals surface area (Å²) in [5.41, 5.74) is -0.351. The molecule has 1 aliphatic heterocycles. The first-order chi connectivity index (χ1) is 6.46. The third-order valence-electron chi connectivity index (χ3n) is 2.93. The SMILES string of the molecule is CC1C(=O)NC(=O)N(C2(C)CC2)C1=O. The Morgan fingerprint density at radius 1 is 1.36 bits per heavy atom. The van der Waals surface area contributed by atoms with Crippen LogP contribution < -0.4 is 5.32 Å². The summed E-state index contributed by atoms with van der Waals surface area (Å²) < 4.78 is 0. The van der Waals surface area contributed by atoms with Crippen LogP contribution in [0.5, 0.6) is 0 Å². The van der Waals surface area contributed by atoms with Crippen LogP contribution in [0.2, 0.25) is 0 Å². The van der Waals surface area contributed by atoms with Crippen molar-refractivity contribution in [2.75, 3.05) is 0 Å². The molecule has 0 aromatic rings. The minimum absolute atomic E-state index is 0.351. The van der Waals surface area contributed by atoms with Gasteiger partial charge in [0.25, 0.3) is 0 Å². The summed E-state index contributed by atoms with van der Waals surface area (Å²) in [5, 5.41) is 2.18. The molecular formula is C9H12N2O3. The Kier molecular flexibility index (Phi) is 1.68. The van der Waals surface area contributed by atoms with Gasteiger partial charge in [-0.2, -0.15) is 0 Å². The van der Waals surface area contributed by atoms with Crippen LogP contribution >= 0.6 is 0 Å². The van der Waals surface area contributed by atoms with E-state index in [1.807, 2.05) is 6.92 Å². The largest absolute Gasteiger partial charge is 0.331 e. The van der Waals surface area contributed by atoms with Gasteiger partial charge in [0.2, 0.25) is 11.8 Å². The van der Waals surface area contributed by atoms with Crippen LogP contribution in [0, 0.1) is 5.92 Å². The quantitative estimate of drug-likeness (QED) is 0.611. The maximum Gasteiger partial charge on any atom is 0.331 e. The number of rotatable bonds is 1. The van der Waals surface area contributed by atoms with E-state index in [1.54, 1.807) is 0 Å². The Balaban J connectivity index is 2.28. The first kappa shape index (κ1) is 9.18. The van der Waals surface area contributed by atoms with Gasteiger partial charge in [0.1, 0.15) is 5.92 Å². The van der Waals surface area contributed by atoms with Crippen LogP contribution in [0.15, 0.2) is 0 Å². The fourth-order valence-corrected chi connectivity index (χ4v) is 1.59. The molecule has 1 atom stereocenters. The average Bonchev–Trinajstić information content (AvgIpc) is 2.80. The number of hydrogen-bond acceptors (Lipinski definition) is 3. The average molecular weight is 196 g/mol. The number of hydrogen-bond donors (Lipinski definition) is 1. The smallest absolute Gasteiger partial charge is 0.277 e. The van der Waals surface area contributed by atoms with Gasteiger partial charge in [-0.1, -0.05) is 0 Å². The molecule has 1 aliphatic carbocycles. The molecule has 1 N–H and O–H groups in total. The van der Waals surface area contributed by atoms with E-state index in [-0.39, 0.29) is 11.4 Å². The summed E-state index contributed by atoms with van der Waals surface area (Å²) >= 11 is 0. The van der Waals surface area contributed by atoms with E-state index in [2.05, 4.69) is 5.32 Å². The minimum Gasteiger partial charge on any atom is -0.277 e. The summed E-state index contributed by atoms with van der Waals surface area (Å²) in [5.74, 6) is -1.62. The van der Waals surface area contributed by atoms with Crippen LogP contribution in [0.4, 0.5) is 4.79 Å². The Morgan fingerprint density at radius 2 is 1.93 bits per heavy atom. The minimum atomic E-state index is -0.745. The maximum absolute atomic E-state index is 11.7. The van der Waals surface area contributed by atoms with Gasteiger partial charge >= 0.3 is 6.03 Å². The van der Waals surface area contributed by atoms with Crippen molar-refractivity contribution in [2.24, 2.45) is 5.92 Å². The molecule has 2 rings (SSSR count). The molecule has 5 heteroatoms. The van der Waals surface area contributed by atoms with Crippen LogP contribution in [-0.2, 0) is 9.59 Å². The molecule has 5 nitrogen and oxygen atoms in total. The van der Waals surface area contributed by atoms with Crippen molar-refractivity contribution in [3.05, 3.63) is 0 Å². The predicted molar refractivity (Wildman–Crippen MR) is 47.2 cm³/mol. The van der Waals surface area contributed by atoms with Crippen LogP contribution in [-0.4, -0.2) is 28.3 Å². The Bertz CT molecular complexity index is 333. The van der Waals surface area contributed by atoms with E-state index in [1.165, 1.54) is 11.8 Å². The highest BCUT2D eigenvalue weighted by molar-refractivity contribution is 6.16. The van der Waals surface area contributed by atoms with E-state index in [9.17, 15) is 14.4 Å². The Hall–Kier alpha value is -1.39. The first-order valence-corrected chi connectivity index (χ1v) is 4.65. The second-order valence-corrected chi connectivity index (χ2v) is 4.19. The van der Waals surface area contributed by atoms with Gasteiger partial charge in [0.15, 0.2) is 0 Å². The number of urea groups is 1. The lowest BCUT2D eigenvalue weighted by molar-refractivity contribution is -0.143. The monoisotopic (exact) mass is 196 g/mol. The molecule has 14 heavy (non-hydrogen) atoms. The normalized spacial score (nSPS) is 30.3. The number of imide groups is 2. The fraction of sp³-hybridized carbons (Fsp3) is 0.667. The molecule has 1 unspecified atom stereocenters. The van der Waals surface area contributed by atoms with E-state index in [0.29, 0.717) is 0 Å². The molecular weight excluding hydrogens is 184 g/mol. The molecule has 1 heterocycles. The zero-order valence-electron chi connectivity index (χ0n) is 8.16. The van der Waals surface area contributed by atoms with Crippen molar-refractivity contribution in [1.29, 1.82) is 0 Å². The van der Waals surface area contributed by atoms with Gasteiger partial charge in [0, 0.05) is 5.54 Å². The highest BCUT2D eigenvalue weighted by Crippen LogP contribution is 2.42. The lowest BCUT2D eigenvalue weighted by Gasteiger charge is -2.33. The lowest BCUT2D eigenvalue weighted by atomic mass is 10.1. The highest BCUT2D eigenvalue weighted by atomic mass is 16.2. The van der Waals surface area contributed by atoms with Gasteiger partial charge in [-0.3, -0.25) is 19.8 Å². The summed E-state index contributed by atoms with van der Waals surface area (Å²) in [6.45, 7) is 3.37. The molecule has 1 saturated heterocycles. The molecule has 0 aromatic heterocycles. The van der Waals surface area contributed by atoms with Crippen LogP contribution in [0.1, 0.15) is 26.7 Å². The van der Waals surface area contributed by atoms with Gasteiger partial charge < -0.3 is 0 Å². The number of carbonyl (C=O) groups is 3. The van der Waals surface area contributed by atoms with Gasteiger partial charge in [-0.05, 0) is 26.7 Å². The molecule has 0 aromatic carbocycles. The standard InChI is InChI=1S/C9H12N2O3/c1-5-6(12)10-8(14)11(7(5)13)9(2)3-4-9/h5H,3-4H2,1-2H3,(H,10,12,14). The fourth-order valence-electron chi connectivity index (χ4n) is 1.59. The Labute approximate surface area is 81.4 Å². The maximum atomic E-state index is 11.7. The number of barbiturate groups is 1. The zero-order valence-corrected chi connectivity index (χ0v) is 8.16. The van der Waals surface area contributed by atoms with Gasteiger partial charge in [-0.15, -0.1) is 0 Å². The van der Waals surface area contributed by atoms with Crippen LogP contribution in [0.3, 0.4) is 0 Å². The van der Waals surface area contributed by atoms with E-state index < -0.39 is 17.9 Å². The van der Waals surface area contributed by atoms with Crippen LogP contribution in [0.25, 0.3) is 0 Å². The molecule has 0 spiro atoms.